The predicted octanol–water partition coefficient (Wildman–Crippen LogP) is 3.76. The highest BCUT2D eigenvalue weighted by Gasteiger charge is 2.34. The van der Waals surface area contributed by atoms with Gasteiger partial charge in [0.15, 0.2) is 0 Å². The lowest BCUT2D eigenvalue weighted by molar-refractivity contribution is 0.0698. The minimum absolute atomic E-state index is 0.0129. The van der Waals surface area contributed by atoms with Crippen LogP contribution in [0.25, 0.3) is 10.9 Å². The lowest BCUT2D eigenvalue weighted by Crippen LogP contribution is -2.29. The van der Waals surface area contributed by atoms with Gasteiger partial charge in [-0.2, -0.15) is 4.31 Å². The van der Waals surface area contributed by atoms with Crippen LogP contribution in [0.15, 0.2) is 59.6 Å². The smallest absolute Gasteiger partial charge is 0.337 e. The van der Waals surface area contributed by atoms with Gasteiger partial charge in [-0.05, 0) is 50.6 Å². The van der Waals surface area contributed by atoms with Crippen LogP contribution in [0.5, 0.6) is 5.75 Å². The average Bonchev–Trinajstić information content (AvgIpc) is 3.33. The van der Waals surface area contributed by atoms with Crippen LogP contribution in [0.2, 0.25) is 0 Å². The zero-order valence-corrected chi connectivity index (χ0v) is 17.7. The lowest BCUT2D eigenvalue weighted by Gasteiger charge is -2.18. The van der Waals surface area contributed by atoms with Crippen molar-refractivity contribution >= 4 is 26.9 Å². The first-order valence-electron chi connectivity index (χ1n) is 9.87. The Morgan fingerprint density at radius 1 is 1.13 bits per heavy atom. The van der Waals surface area contributed by atoms with Crippen molar-refractivity contribution in [3.63, 3.8) is 0 Å². The van der Waals surface area contributed by atoms with Crippen molar-refractivity contribution in [1.82, 2.24) is 8.87 Å². The van der Waals surface area contributed by atoms with Gasteiger partial charge < -0.3 is 14.4 Å². The molecule has 8 heteroatoms. The van der Waals surface area contributed by atoms with Crippen molar-refractivity contribution in [2.24, 2.45) is 0 Å². The number of carbonyl (C=O) groups is 1. The zero-order valence-electron chi connectivity index (χ0n) is 16.9. The van der Waals surface area contributed by atoms with E-state index in [0.29, 0.717) is 30.6 Å². The van der Waals surface area contributed by atoms with E-state index >= 15 is 0 Å². The van der Waals surface area contributed by atoms with Crippen molar-refractivity contribution in [3.05, 3.63) is 60.3 Å². The second-order valence-corrected chi connectivity index (χ2v) is 9.65. The molecule has 1 saturated heterocycles. The Balaban J connectivity index is 1.59. The molecule has 4 rings (SSSR count). The standard InChI is InChI=1S/C22H24N2O5S/c1-15(2)29-17-7-9-18(10-8-17)30(27,28)23-12-11-16(13-23)24-14-20(22(25)26)19-5-3-4-6-21(19)24/h3-10,14-16H,11-13H2,1-2H3,(H,25,26)/t16-/m1/s1. The van der Waals surface area contributed by atoms with Crippen molar-refractivity contribution < 1.29 is 23.1 Å². The number of benzene rings is 2. The summed E-state index contributed by atoms with van der Waals surface area (Å²) in [6.07, 6.45) is 2.25. The Hall–Kier alpha value is -2.84. The van der Waals surface area contributed by atoms with Crippen LogP contribution in [-0.2, 0) is 10.0 Å². The van der Waals surface area contributed by atoms with Crippen LogP contribution < -0.4 is 4.74 Å². The first kappa shape index (κ1) is 20.4. The molecule has 1 aliphatic heterocycles. The van der Waals surface area contributed by atoms with Gasteiger partial charge in [0.1, 0.15) is 5.75 Å². The third kappa shape index (κ3) is 3.68. The van der Waals surface area contributed by atoms with Gasteiger partial charge in [0.05, 0.1) is 16.6 Å². The minimum Gasteiger partial charge on any atom is -0.491 e. The van der Waals surface area contributed by atoms with Crippen molar-refractivity contribution in [1.29, 1.82) is 0 Å². The summed E-state index contributed by atoms with van der Waals surface area (Å²) in [5, 5.41) is 10.2. The third-order valence-electron chi connectivity index (χ3n) is 5.32. The number of rotatable bonds is 6. The molecule has 7 nitrogen and oxygen atoms in total. The van der Waals surface area contributed by atoms with E-state index < -0.39 is 16.0 Å². The molecule has 0 unspecified atom stereocenters. The fourth-order valence-corrected chi connectivity index (χ4v) is 5.44. The molecule has 0 amide bonds. The van der Waals surface area contributed by atoms with E-state index in [1.54, 1.807) is 42.6 Å². The first-order valence-corrected chi connectivity index (χ1v) is 11.3. The molecule has 3 aromatic rings. The topological polar surface area (TPSA) is 88.8 Å². The maximum Gasteiger partial charge on any atom is 0.337 e. The molecule has 158 valence electrons. The van der Waals surface area contributed by atoms with Gasteiger partial charge in [-0.3, -0.25) is 0 Å². The number of carboxylic acids is 1. The number of carboxylic acid groups (broad SMARTS) is 1. The predicted molar refractivity (Wildman–Crippen MR) is 114 cm³/mol. The van der Waals surface area contributed by atoms with Gasteiger partial charge in [0.25, 0.3) is 0 Å². The summed E-state index contributed by atoms with van der Waals surface area (Å²) >= 11 is 0. The van der Waals surface area contributed by atoms with E-state index in [1.807, 2.05) is 30.5 Å². The summed E-state index contributed by atoms with van der Waals surface area (Å²) in [7, 11) is -3.64. The largest absolute Gasteiger partial charge is 0.491 e. The van der Waals surface area contributed by atoms with Gasteiger partial charge in [-0.1, -0.05) is 18.2 Å². The number of hydrogen-bond donors (Lipinski definition) is 1. The molecule has 2 aromatic carbocycles. The molecular weight excluding hydrogens is 404 g/mol. The fraction of sp³-hybridized carbons (Fsp3) is 0.318. The Morgan fingerprint density at radius 3 is 2.50 bits per heavy atom. The number of sulfonamides is 1. The summed E-state index contributed by atoms with van der Waals surface area (Å²) in [5.74, 6) is -0.362. The number of aromatic carboxylic acids is 1. The van der Waals surface area contributed by atoms with Crippen LogP contribution in [0, 0.1) is 0 Å². The lowest BCUT2D eigenvalue weighted by atomic mass is 10.2. The van der Waals surface area contributed by atoms with E-state index in [-0.39, 0.29) is 22.6 Å². The number of para-hydroxylation sites is 1. The number of aromatic nitrogens is 1. The summed E-state index contributed by atoms with van der Waals surface area (Å²) in [6.45, 7) is 4.50. The van der Waals surface area contributed by atoms with E-state index in [1.165, 1.54) is 4.31 Å². The highest BCUT2D eigenvalue weighted by atomic mass is 32.2. The van der Waals surface area contributed by atoms with Crippen LogP contribution >= 0.6 is 0 Å². The molecule has 0 spiro atoms. The van der Waals surface area contributed by atoms with Crippen LogP contribution in [0.4, 0.5) is 0 Å². The molecule has 1 atom stereocenters. The van der Waals surface area contributed by atoms with E-state index in [4.69, 9.17) is 4.74 Å². The summed E-state index contributed by atoms with van der Waals surface area (Å²) in [4.78, 5) is 11.8. The molecule has 1 N–H and O–H groups in total. The summed E-state index contributed by atoms with van der Waals surface area (Å²) in [6, 6.07) is 13.6. The molecule has 30 heavy (non-hydrogen) atoms. The minimum atomic E-state index is -3.64. The molecule has 1 aliphatic rings. The number of fused-ring (bicyclic) bond motifs is 1. The molecule has 0 radical (unpaired) electrons. The van der Waals surface area contributed by atoms with Crippen molar-refractivity contribution in [2.75, 3.05) is 13.1 Å². The fourth-order valence-electron chi connectivity index (χ4n) is 3.94. The maximum absolute atomic E-state index is 13.1. The van der Waals surface area contributed by atoms with Crippen LogP contribution in [-0.4, -0.2) is 47.6 Å². The second kappa shape index (κ2) is 7.77. The normalized spacial score (nSPS) is 17.6. The number of ether oxygens (including phenoxy) is 1. The molecule has 0 aliphatic carbocycles. The van der Waals surface area contributed by atoms with Gasteiger partial charge >= 0.3 is 5.97 Å². The Labute approximate surface area is 175 Å². The second-order valence-electron chi connectivity index (χ2n) is 7.72. The van der Waals surface area contributed by atoms with Crippen LogP contribution in [0.3, 0.4) is 0 Å². The molecule has 0 saturated carbocycles. The maximum atomic E-state index is 13.1. The van der Waals surface area contributed by atoms with Crippen molar-refractivity contribution in [3.8, 4) is 5.75 Å². The Bertz CT molecular complexity index is 1180. The zero-order chi connectivity index (χ0) is 21.5. The summed E-state index contributed by atoms with van der Waals surface area (Å²) in [5.41, 5.74) is 1.03. The monoisotopic (exact) mass is 428 g/mol. The highest BCUT2D eigenvalue weighted by molar-refractivity contribution is 7.89. The van der Waals surface area contributed by atoms with Gasteiger partial charge in [-0.15, -0.1) is 0 Å². The van der Waals surface area contributed by atoms with Crippen molar-refractivity contribution in [2.45, 2.75) is 37.3 Å². The molecule has 2 heterocycles. The van der Waals surface area contributed by atoms with E-state index in [2.05, 4.69) is 0 Å². The van der Waals surface area contributed by atoms with Crippen LogP contribution in [0.1, 0.15) is 36.7 Å². The quantitative estimate of drug-likeness (QED) is 0.646. The molecular formula is C22H24N2O5S. The first-order chi connectivity index (χ1) is 14.3. The van der Waals surface area contributed by atoms with E-state index in [0.717, 1.165) is 5.52 Å². The highest BCUT2D eigenvalue weighted by Crippen LogP contribution is 2.32. The van der Waals surface area contributed by atoms with Gasteiger partial charge in [0.2, 0.25) is 10.0 Å². The Kier molecular flexibility index (Phi) is 5.29. The Morgan fingerprint density at radius 2 is 1.83 bits per heavy atom. The summed E-state index contributed by atoms with van der Waals surface area (Å²) < 4.78 is 35.2. The van der Waals surface area contributed by atoms with E-state index in [9.17, 15) is 18.3 Å². The molecule has 1 aromatic heterocycles. The number of nitrogens with zero attached hydrogens (tertiary/aromatic N) is 2. The average molecular weight is 429 g/mol. The number of hydrogen-bond acceptors (Lipinski definition) is 4. The molecule has 1 fully saturated rings. The third-order valence-corrected chi connectivity index (χ3v) is 7.20. The SMILES string of the molecule is CC(C)Oc1ccc(S(=O)(=O)N2CC[C@@H](n3cc(C(=O)O)c4ccccc43)C2)cc1. The van der Waals surface area contributed by atoms with Gasteiger partial charge in [0, 0.05) is 36.2 Å². The van der Waals surface area contributed by atoms with Gasteiger partial charge in [-0.25, -0.2) is 13.2 Å². The molecule has 0 bridgehead atoms.